The van der Waals surface area contributed by atoms with E-state index in [4.69, 9.17) is 18.9 Å². The Balaban J connectivity index is 2.31. The van der Waals surface area contributed by atoms with E-state index in [1.807, 2.05) is 12.1 Å². The van der Waals surface area contributed by atoms with Gasteiger partial charge in [-0.05, 0) is 23.8 Å². The highest BCUT2D eigenvalue weighted by Crippen LogP contribution is 2.35. The molecule has 2 aromatic carbocycles. The van der Waals surface area contributed by atoms with E-state index in [1.54, 1.807) is 37.3 Å². The van der Waals surface area contributed by atoms with Crippen LogP contribution in [0, 0.1) is 0 Å². The first-order chi connectivity index (χ1) is 14.0. The number of ether oxygens (including phenoxy) is 4. The molecule has 0 spiro atoms. The molecular formula is C23H24O6. The van der Waals surface area contributed by atoms with Gasteiger partial charge in [-0.2, -0.15) is 0 Å². The molecule has 0 aliphatic rings. The van der Waals surface area contributed by atoms with Crippen LogP contribution in [0.4, 0.5) is 0 Å². The summed E-state index contributed by atoms with van der Waals surface area (Å²) >= 11 is 0. The molecule has 0 aliphatic heterocycles. The van der Waals surface area contributed by atoms with Gasteiger partial charge >= 0.3 is 5.97 Å². The van der Waals surface area contributed by atoms with Crippen LogP contribution in [0.3, 0.4) is 0 Å². The molecule has 2 rings (SSSR count). The lowest BCUT2D eigenvalue weighted by atomic mass is 10.1. The fraction of sp³-hybridized carbons (Fsp3) is 0.217. The summed E-state index contributed by atoms with van der Waals surface area (Å²) < 4.78 is 21.3. The van der Waals surface area contributed by atoms with E-state index in [0.717, 1.165) is 5.56 Å². The van der Waals surface area contributed by atoms with E-state index in [1.165, 1.54) is 26.4 Å². The van der Waals surface area contributed by atoms with Crippen LogP contribution in [0.1, 0.15) is 29.3 Å². The highest BCUT2D eigenvalue weighted by atomic mass is 16.5. The Morgan fingerprint density at radius 2 is 1.69 bits per heavy atom. The van der Waals surface area contributed by atoms with E-state index in [9.17, 15) is 9.59 Å². The first kappa shape index (κ1) is 21.8. The molecule has 6 nitrogen and oxygen atoms in total. The van der Waals surface area contributed by atoms with Gasteiger partial charge in [0.25, 0.3) is 0 Å². The monoisotopic (exact) mass is 396 g/mol. The number of ketones is 1. The van der Waals surface area contributed by atoms with Gasteiger partial charge in [0.2, 0.25) is 0 Å². The lowest BCUT2D eigenvalue weighted by Gasteiger charge is -2.14. The summed E-state index contributed by atoms with van der Waals surface area (Å²) in [6.07, 6.45) is 4.89. The van der Waals surface area contributed by atoms with Crippen LogP contribution in [0.2, 0.25) is 0 Å². The molecule has 0 amide bonds. The zero-order valence-electron chi connectivity index (χ0n) is 16.8. The van der Waals surface area contributed by atoms with E-state index in [-0.39, 0.29) is 29.3 Å². The molecule has 0 fully saturated rings. The summed E-state index contributed by atoms with van der Waals surface area (Å²) in [5, 5.41) is 0. The molecule has 0 saturated heterocycles. The van der Waals surface area contributed by atoms with Gasteiger partial charge in [0.15, 0.2) is 5.78 Å². The summed E-state index contributed by atoms with van der Waals surface area (Å²) in [7, 11) is 2.91. The zero-order valence-corrected chi connectivity index (χ0v) is 16.8. The third-order valence-electron chi connectivity index (χ3n) is 3.93. The SMILES string of the molecule is C=CCOc1ccc(C=CC(=O)c2c(OC)cc(OC)cc2OC(=O)CC)cc1. The molecule has 0 aromatic heterocycles. The molecule has 0 aliphatic carbocycles. The standard InChI is InChI=1S/C23H24O6/c1-5-13-28-17-10-7-16(8-11-17)9-12-19(24)23-20(27-4)14-18(26-3)15-21(23)29-22(25)6-2/h5,7-12,14-15H,1,6,13H2,2-4H3. The number of esters is 1. The van der Waals surface area contributed by atoms with Crippen molar-refractivity contribution in [3.63, 3.8) is 0 Å². The lowest BCUT2D eigenvalue weighted by Crippen LogP contribution is -2.10. The van der Waals surface area contributed by atoms with Crippen LogP contribution in [0.5, 0.6) is 23.0 Å². The van der Waals surface area contributed by atoms with Crippen LogP contribution >= 0.6 is 0 Å². The van der Waals surface area contributed by atoms with Crippen molar-refractivity contribution in [3.8, 4) is 23.0 Å². The first-order valence-electron chi connectivity index (χ1n) is 9.05. The Labute approximate surface area is 170 Å². The topological polar surface area (TPSA) is 71.1 Å². The predicted octanol–water partition coefficient (Wildman–Crippen LogP) is 4.48. The second-order valence-corrected chi connectivity index (χ2v) is 5.90. The van der Waals surface area contributed by atoms with Gasteiger partial charge in [-0.25, -0.2) is 0 Å². The second-order valence-electron chi connectivity index (χ2n) is 5.90. The molecule has 2 aromatic rings. The number of methoxy groups -OCH3 is 2. The maximum absolute atomic E-state index is 12.9. The van der Waals surface area contributed by atoms with Crippen molar-refractivity contribution >= 4 is 17.8 Å². The molecule has 152 valence electrons. The quantitative estimate of drug-likeness (QED) is 0.194. The van der Waals surface area contributed by atoms with Crippen molar-refractivity contribution in [1.82, 2.24) is 0 Å². The number of carbonyl (C=O) groups is 2. The number of rotatable bonds is 10. The first-order valence-corrected chi connectivity index (χ1v) is 9.05. The summed E-state index contributed by atoms with van der Waals surface area (Å²) in [6, 6.07) is 10.3. The summed E-state index contributed by atoms with van der Waals surface area (Å²) in [5.41, 5.74) is 0.959. The highest BCUT2D eigenvalue weighted by molar-refractivity contribution is 6.11. The third-order valence-corrected chi connectivity index (χ3v) is 3.93. The zero-order chi connectivity index (χ0) is 21.2. The number of hydrogen-bond acceptors (Lipinski definition) is 6. The van der Waals surface area contributed by atoms with E-state index >= 15 is 0 Å². The highest BCUT2D eigenvalue weighted by Gasteiger charge is 2.20. The summed E-state index contributed by atoms with van der Waals surface area (Å²) in [4.78, 5) is 24.7. The largest absolute Gasteiger partial charge is 0.496 e. The number of allylic oxidation sites excluding steroid dienone is 1. The van der Waals surface area contributed by atoms with Gasteiger partial charge < -0.3 is 18.9 Å². The van der Waals surface area contributed by atoms with E-state index < -0.39 is 5.97 Å². The molecule has 6 heteroatoms. The molecule has 0 bridgehead atoms. The van der Waals surface area contributed by atoms with Crippen molar-refractivity contribution < 1.29 is 28.5 Å². The molecule has 29 heavy (non-hydrogen) atoms. The summed E-state index contributed by atoms with van der Waals surface area (Å²) in [6.45, 7) is 5.69. The molecule has 0 saturated carbocycles. The normalized spacial score (nSPS) is 10.4. The average molecular weight is 396 g/mol. The van der Waals surface area contributed by atoms with E-state index in [2.05, 4.69) is 6.58 Å². The predicted molar refractivity (Wildman–Crippen MR) is 111 cm³/mol. The van der Waals surface area contributed by atoms with Crippen LogP contribution in [-0.2, 0) is 4.79 Å². The fourth-order valence-electron chi connectivity index (χ4n) is 2.45. The fourth-order valence-corrected chi connectivity index (χ4v) is 2.45. The molecular weight excluding hydrogens is 372 g/mol. The van der Waals surface area contributed by atoms with Gasteiger partial charge in [-0.3, -0.25) is 9.59 Å². The van der Waals surface area contributed by atoms with Crippen molar-refractivity contribution in [1.29, 1.82) is 0 Å². The Hall–Kier alpha value is -3.54. The Bertz CT molecular complexity index is 896. The van der Waals surface area contributed by atoms with Crippen molar-refractivity contribution in [2.75, 3.05) is 20.8 Å². The van der Waals surface area contributed by atoms with Gasteiger partial charge in [-0.15, -0.1) is 0 Å². The number of carbonyl (C=O) groups excluding carboxylic acids is 2. The Morgan fingerprint density at radius 1 is 1.00 bits per heavy atom. The maximum Gasteiger partial charge on any atom is 0.310 e. The number of benzene rings is 2. The Kier molecular flexibility index (Phi) is 8.03. The van der Waals surface area contributed by atoms with Gasteiger partial charge in [-0.1, -0.05) is 37.8 Å². The average Bonchev–Trinajstić information content (AvgIpc) is 2.75. The Morgan fingerprint density at radius 3 is 2.28 bits per heavy atom. The van der Waals surface area contributed by atoms with Crippen molar-refractivity contribution in [2.45, 2.75) is 13.3 Å². The van der Waals surface area contributed by atoms with Crippen molar-refractivity contribution in [3.05, 3.63) is 66.3 Å². The molecule has 0 atom stereocenters. The summed E-state index contributed by atoms with van der Waals surface area (Å²) in [5.74, 6) is 0.640. The van der Waals surface area contributed by atoms with Crippen LogP contribution in [0.15, 0.2) is 55.1 Å². The molecule has 0 N–H and O–H groups in total. The van der Waals surface area contributed by atoms with Crippen molar-refractivity contribution in [2.24, 2.45) is 0 Å². The second kappa shape index (κ2) is 10.7. The minimum absolute atomic E-state index is 0.0934. The minimum Gasteiger partial charge on any atom is -0.496 e. The minimum atomic E-state index is -0.464. The molecule has 0 unspecified atom stereocenters. The van der Waals surface area contributed by atoms with Crippen LogP contribution in [-0.4, -0.2) is 32.6 Å². The van der Waals surface area contributed by atoms with Gasteiger partial charge in [0, 0.05) is 18.6 Å². The number of hydrogen-bond donors (Lipinski definition) is 0. The van der Waals surface area contributed by atoms with Crippen LogP contribution in [0.25, 0.3) is 6.08 Å². The lowest BCUT2D eigenvalue weighted by molar-refractivity contribution is -0.134. The molecule has 0 heterocycles. The molecule has 0 radical (unpaired) electrons. The van der Waals surface area contributed by atoms with Gasteiger partial charge in [0.1, 0.15) is 35.2 Å². The van der Waals surface area contributed by atoms with Crippen LogP contribution < -0.4 is 18.9 Å². The smallest absolute Gasteiger partial charge is 0.310 e. The van der Waals surface area contributed by atoms with E-state index in [0.29, 0.717) is 18.1 Å². The van der Waals surface area contributed by atoms with Gasteiger partial charge in [0.05, 0.1) is 14.2 Å². The third kappa shape index (κ3) is 5.97. The maximum atomic E-state index is 12.9.